The molecule has 35 heavy (non-hydrogen) atoms. The second-order valence-corrected chi connectivity index (χ2v) is 9.38. The number of nitrogens with zero attached hydrogens (tertiary/aromatic N) is 1. The number of carbonyl (C=O) groups is 2. The van der Waals surface area contributed by atoms with Gasteiger partial charge in [0.2, 0.25) is 5.91 Å². The Hall–Kier alpha value is -3.31. The molecule has 1 fully saturated rings. The van der Waals surface area contributed by atoms with Gasteiger partial charge in [0.05, 0.1) is 0 Å². The largest absolute Gasteiger partial charge is 0.484 e. The van der Waals surface area contributed by atoms with Crippen LogP contribution in [0.15, 0.2) is 84.9 Å². The fraction of sp³-hybridized carbons (Fsp3) is 0.310. The lowest BCUT2D eigenvalue weighted by Gasteiger charge is -2.32. The molecule has 2 amide bonds. The summed E-state index contributed by atoms with van der Waals surface area (Å²) in [5.74, 6) is 0.247. The number of amides is 2. The van der Waals surface area contributed by atoms with Crippen LogP contribution >= 0.6 is 11.6 Å². The first kappa shape index (κ1) is 24.8. The van der Waals surface area contributed by atoms with E-state index in [4.69, 9.17) is 16.3 Å². The molecule has 6 heteroatoms. The summed E-state index contributed by atoms with van der Waals surface area (Å²) >= 11 is 6.08. The van der Waals surface area contributed by atoms with Crippen LogP contribution in [-0.4, -0.2) is 35.4 Å². The van der Waals surface area contributed by atoms with Gasteiger partial charge in [0.1, 0.15) is 11.8 Å². The third-order valence-corrected chi connectivity index (χ3v) is 6.60. The van der Waals surface area contributed by atoms with Gasteiger partial charge in [0.25, 0.3) is 5.91 Å². The zero-order chi connectivity index (χ0) is 24.5. The molecule has 1 N–H and O–H groups in total. The molecule has 1 aliphatic carbocycles. The Morgan fingerprint density at radius 2 is 1.51 bits per heavy atom. The van der Waals surface area contributed by atoms with E-state index in [1.54, 1.807) is 17.0 Å². The van der Waals surface area contributed by atoms with E-state index in [0.29, 0.717) is 17.2 Å². The van der Waals surface area contributed by atoms with E-state index in [2.05, 4.69) is 5.32 Å². The topological polar surface area (TPSA) is 58.6 Å². The first-order valence-electron chi connectivity index (χ1n) is 12.1. The van der Waals surface area contributed by atoms with Crippen molar-refractivity contribution in [1.82, 2.24) is 10.2 Å². The van der Waals surface area contributed by atoms with Gasteiger partial charge in [-0.05, 0) is 48.2 Å². The van der Waals surface area contributed by atoms with Crippen LogP contribution in [0.25, 0.3) is 0 Å². The SMILES string of the molecule is O=C(NC1CCCC1)[C@@H](Cc1ccccc1)N(Cc1ccc(Cl)cc1)C(=O)COc1ccccc1. The molecular weight excluding hydrogens is 460 g/mol. The predicted octanol–water partition coefficient (Wildman–Crippen LogP) is 5.42. The molecule has 1 aliphatic rings. The summed E-state index contributed by atoms with van der Waals surface area (Å²) in [6.07, 6.45) is 4.61. The molecule has 4 rings (SSSR count). The van der Waals surface area contributed by atoms with E-state index in [-0.39, 0.29) is 31.0 Å². The van der Waals surface area contributed by atoms with Crippen LogP contribution in [0.4, 0.5) is 0 Å². The first-order valence-corrected chi connectivity index (χ1v) is 12.5. The van der Waals surface area contributed by atoms with Crippen molar-refractivity contribution in [3.8, 4) is 5.75 Å². The highest BCUT2D eigenvalue weighted by molar-refractivity contribution is 6.30. The van der Waals surface area contributed by atoms with Crippen LogP contribution in [0, 0.1) is 0 Å². The minimum Gasteiger partial charge on any atom is -0.484 e. The maximum atomic E-state index is 13.6. The summed E-state index contributed by atoms with van der Waals surface area (Å²) in [4.78, 5) is 28.8. The van der Waals surface area contributed by atoms with Gasteiger partial charge in [0.15, 0.2) is 6.61 Å². The predicted molar refractivity (Wildman–Crippen MR) is 138 cm³/mol. The van der Waals surface area contributed by atoms with Gasteiger partial charge in [-0.15, -0.1) is 0 Å². The number of rotatable bonds is 10. The molecule has 5 nitrogen and oxygen atoms in total. The van der Waals surface area contributed by atoms with Gasteiger partial charge in [-0.3, -0.25) is 9.59 Å². The molecule has 0 unspecified atom stereocenters. The number of hydrogen-bond donors (Lipinski definition) is 1. The molecule has 182 valence electrons. The number of halogens is 1. The first-order chi connectivity index (χ1) is 17.1. The van der Waals surface area contributed by atoms with Gasteiger partial charge in [-0.1, -0.05) is 85.1 Å². The molecular formula is C29H31ClN2O3. The zero-order valence-electron chi connectivity index (χ0n) is 19.7. The van der Waals surface area contributed by atoms with E-state index in [9.17, 15) is 9.59 Å². The van der Waals surface area contributed by atoms with Crippen molar-refractivity contribution in [2.75, 3.05) is 6.61 Å². The van der Waals surface area contributed by atoms with Crippen molar-refractivity contribution in [1.29, 1.82) is 0 Å². The second-order valence-electron chi connectivity index (χ2n) is 8.95. The fourth-order valence-electron chi connectivity index (χ4n) is 4.45. The molecule has 0 aliphatic heterocycles. The molecule has 0 radical (unpaired) electrons. The third-order valence-electron chi connectivity index (χ3n) is 6.34. The van der Waals surface area contributed by atoms with E-state index >= 15 is 0 Å². The van der Waals surface area contributed by atoms with Crippen LogP contribution < -0.4 is 10.1 Å². The lowest BCUT2D eigenvalue weighted by molar-refractivity contribution is -0.143. The van der Waals surface area contributed by atoms with Crippen molar-refractivity contribution < 1.29 is 14.3 Å². The summed E-state index contributed by atoms with van der Waals surface area (Å²) in [7, 11) is 0. The minimum atomic E-state index is -0.666. The summed E-state index contributed by atoms with van der Waals surface area (Å²) in [6.45, 7) is 0.128. The van der Waals surface area contributed by atoms with E-state index in [0.717, 1.165) is 36.8 Å². The monoisotopic (exact) mass is 490 g/mol. The van der Waals surface area contributed by atoms with Gasteiger partial charge >= 0.3 is 0 Å². The van der Waals surface area contributed by atoms with Gasteiger partial charge in [-0.25, -0.2) is 0 Å². The number of carbonyl (C=O) groups excluding carboxylic acids is 2. The molecule has 0 spiro atoms. The van der Waals surface area contributed by atoms with E-state index < -0.39 is 6.04 Å². The summed E-state index contributed by atoms with van der Waals surface area (Å²) < 4.78 is 5.78. The minimum absolute atomic E-state index is 0.122. The standard InChI is InChI=1S/C29H31ClN2O3/c30-24-17-15-23(16-18-24)20-32(28(33)21-35-26-13-5-2-6-14-26)27(19-22-9-3-1-4-10-22)29(34)31-25-11-7-8-12-25/h1-6,9-10,13-18,25,27H,7-8,11-12,19-21H2,(H,31,34)/t27-/m1/s1. The Kier molecular flexibility index (Phi) is 8.79. The Morgan fingerprint density at radius 3 is 2.17 bits per heavy atom. The van der Waals surface area contributed by atoms with Crippen molar-refractivity contribution in [3.05, 3.63) is 101 Å². The normalized spacial score (nSPS) is 14.3. The second kappa shape index (κ2) is 12.4. The van der Waals surface area contributed by atoms with Crippen LogP contribution in [0.2, 0.25) is 5.02 Å². The molecule has 0 aromatic heterocycles. The molecule has 0 heterocycles. The number of ether oxygens (including phenoxy) is 1. The van der Waals surface area contributed by atoms with Crippen molar-refractivity contribution >= 4 is 23.4 Å². The van der Waals surface area contributed by atoms with Crippen LogP contribution in [0.3, 0.4) is 0 Å². The fourth-order valence-corrected chi connectivity index (χ4v) is 4.58. The van der Waals surface area contributed by atoms with E-state index in [1.165, 1.54) is 0 Å². The van der Waals surface area contributed by atoms with Crippen molar-refractivity contribution in [2.45, 2.75) is 50.7 Å². The summed E-state index contributed by atoms with van der Waals surface area (Å²) in [6, 6.07) is 25.9. The Balaban J connectivity index is 1.60. The Labute approximate surface area is 212 Å². The number of benzene rings is 3. The highest BCUT2D eigenvalue weighted by atomic mass is 35.5. The number of nitrogens with one attached hydrogen (secondary N) is 1. The van der Waals surface area contributed by atoms with Gasteiger partial charge in [0, 0.05) is 24.0 Å². The van der Waals surface area contributed by atoms with Gasteiger partial charge < -0.3 is 15.0 Å². The van der Waals surface area contributed by atoms with E-state index in [1.807, 2.05) is 72.8 Å². The lowest BCUT2D eigenvalue weighted by Crippen LogP contribution is -2.53. The molecule has 3 aromatic rings. The van der Waals surface area contributed by atoms with Crippen molar-refractivity contribution in [2.24, 2.45) is 0 Å². The molecule has 1 atom stereocenters. The quantitative estimate of drug-likeness (QED) is 0.413. The highest BCUT2D eigenvalue weighted by Crippen LogP contribution is 2.21. The Bertz CT molecular complexity index is 1080. The van der Waals surface area contributed by atoms with Gasteiger partial charge in [-0.2, -0.15) is 0 Å². The maximum absolute atomic E-state index is 13.6. The molecule has 0 saturated heterocycles. The lowest BCUT2D eigenvalue weighted by atomic mass is 10.0. The highest BCUT2D eigenvalue weighted by Gasteiger charge is 2.32. The summed E-state index contributed by atoms with van der Waals surface area (Å²) in [5.41, 5.74) is 1.89. The average Bonchev–Trinajstić information content (AvgIpc) is 3.40. The Morgan fingerprint density at radius 1 is 0.886 bits per heavy atom. The number of para-hydroxylation sites is 1. The van der Waals surface area contributed by atoms with Crippen LogP contribution in [-0.2, 0) is 22.6 Å². The smallest absolute Gasteiger partial charge is 0.261 e. The summed E-state index contributed by atoms with van der Waals surface area (Å²) in [5, 5.41) is 3.83. The average molecular weight is 491 g/mol. The zero-order valence-corrected chi connectivity index (χ0v) is 20.5. The molecule has 0 bridgehead atoms. The van der Waals surface area contributed by atoms with Crippen LogP contribution in [0.5, 0.6) is 5.75 Å². The molecule has 3 aromatic carbocycles. The third kappa shape index (κ3) is 7.33. The molecule has 1 saturated carbocycles. The number of hydrogen-bond acceptors (Lipinski definition) is 3. The van der Waals surface area contributed by atoms with Crippen molar-refractivity contribution in [3.63, 3.8) is 0 Å². The van der Waals surface area contributed by atoms with Crippen LogP contribution in [0.1, 0.15) is 36.8 Å². The maximum Gasteiger partial charge on any atom is 0.261 e.